The number of carbonyl (C=O) groups is 1. The lowest BCUT2D eigenvalue weighted by atomic mass is 10.1. The van der Waals surface area contributed by atoms with Gasteiger partial charge in [-0.15, -0.1) is 10.2 Å². The van der Waals surface area contributed by atoms with Crippen LogP contribution in [-0.2, 0) is 37.0 Å². The summed E-state index contributed by atoms with van der Waals surface area (Å²) >= 11 is 0. The van der Waals surface area contributed by atoms with Crippen LogP contribution in [0.5, 0.6) is 0 Å². The molecular formula is C23H25N5O2. The van der Waals surface area contributed by atoms with Crippen LogP contribution in [0.2, 0.25) is 0 Å². The third kappa shape index (κ3) is 4.92. The number of fused-ring (bicyclic) bond motifs is 1. The zero-order chi connectivity index (χ0) is 20.8. The molecule has 3 heterocycles. The molecule has 30 heavy (non-hydrogen) atoms. The number of hydrogen-bond donors (Lipinski definition) is 2. The van der Waals surface area contributed by atoms with Gasteiger partial charge in [0.2, 0.25) is 17.7 Å². The molecule has 0 radical (unpaired) electrons. The number of carbonyl (C=O) groups excluding carboxylic acids is 1. The van der Waals surface area contributed by atoms with Crippen molar-refractivity contribution in [3.8, 4) is 0 Å². The van der Waals surface area contributed by atoms with Gasteiger partial charge in [-0.2, -0.15) is 0 Å². The number of H-pyrrole nitrogens is 1. The van der Waals surface area contributed by atoms with Crippen LogP contribution < -0.4 is 5.32 Å². The minimum Gasteiger partial charge on any atom is -0.425 e. The summed E-state index contributed by atoms with van der Waals surface area (Å²) in [4.78, 5) is 19.7. The Hall–Kier alpha value is -3.48. The van der Waals surface area contributed by atoms with E-state index in [0.717, 1.165) is 24.1 Å². The van der Waals surface area contributed by atoms with Crippen LogP contribution in [0.15, 0.2) is 53.2 Å². The summed E-state index contributed by atoms with van der Waals surface area (Å²) in [5.74, 6) is 1.02. The Kier molecular flexibility index (Phi) is 6.17. The van der Waals surface area contributed by atoms with E-state index in [2.05, 4.69) is 44.5 Å². The maximum atomic E-state index is 12.1. The molecule has 0 spiro atoms. The average molecular weight is 403 g/mol. The van der Waals surface area contributed by atoms with E-state index in [9.17, 15) is 4.79 Å². The number of benzene rings is 1. The summed E-state index contributed by atoms with van der Waals surface area (Å²) in [6, 6.07) is 12.2. The lowest BCUT2D eigenvalue weighted by Crippen LogP contribution is -2.23. The predicted octanol–water partition coefficient (Wildman–Crippen LogP) is 3.54. The van der Waals surface area contributed by atoms with Crippen LogP contribution in [0.25, 0.3) is 10.9 Å². The molecule has 0 unspecified atom stereocenters. The molecule has 3 aromatic heterocycles. The number of amides is 1. The first-order chi connectivity index (χ1) is 14.7. The summed E-state index contributed by atoms with van der Waals surface area (Å²) < 4.78 is 5.71. The van der Waals surface area contributed by atoms with Crippen molar-refractivity contribution < 1.29 is 9.21 Å². The molecule has 4 aromatic rings. The second-order valence-electron chi connectivity index (χ2n) is 7.24. The second-order valence-corrected chi connectivity index (χ2v) is 7.24. The van der Waals surface area contributed by atoms with Gasteiger partial charge < -0.3 is 14.7 Å². The molecule has 154 valence electrons. The highest BCUT2D eigenvalue weighted by atomic mass is 16.4. The molecule has 2 N–H and O–H groups in total. The maximum Gasteiger partial charge on any atom is 0.220 e. The number of aromatic nitrogens is 4. The lowest BCUT2D eigenvalue weighted by molar-refractivity contribution is -0.121. The van der Waals surface area contributed by atoms with Crippen LogP contribution in [0.3, 0.4) is 0 Å². The third-order valence-corrected chi connectivity index (χ3v) is 5.12. The molecule has 0 saturated carbocycles. The standard InChI is InChI=1S/C23H25N5O2/c1-2-16-7-9-18(24-13-16)15-26-21(29)10-12-23-28-27-22(30-23)11-8-17-14-25-20-6-4-3-5-19(17)20/h3-7,9,13-14,25H,2,8,10-12,15H2,1H3,(H,26,29). The first-order valence-corrected chi connectivity index (χ1v) is 10.3. The van der Waals surface area contributed by atoms with Gasteiger partial charge in [-0.3, -0.25) is 9.78 Å². The summed E-state index contributed by atoms with van der Waals surface area (Å²) in [5, 5.41) is 12.3. The summed E-state index contributed by atoms with van der Waals surface area (Å²) in [6.07, 6.45) is 7.03. The number of para-hydroxylation sites is 1. The third-order valence-electron chi connectivity index (χ3n) is 5.12. The van der Waals surface area contributed by atoms with Crippen molar-refractivity contribution in [1.29, 1.82) is 0 Å². The Bertz CT molecular complexity index is 1110. The fraction of sp³-hybridized carbons (Fsp3) is 0.304. The molecule has 1 aromatic carbocycles. The van der Waals surface area contributed by atoms with Gasteiger partial charge in [0.1, 0.15) is 0 Å². The average Bonchev–Trinajstić information content (AvgIpc) is 3.42. The first kappa shape index (κ1) is 19.8. The molecule has 7 heteroatoms. The van der Waals surface area contributed by atoms with Gasteiger partial charge in [0.05, 0.1) is 12.2 Å². The van der Waals surface area contributed by atoms with Gasteiger partial charge in [-0.25, -0.2) is 0 Å². The van der Waals surface area contributed by atoms with E-state index in [1.54, 1.807) is 0 Å². The number of hydrogen-bond acceptors (Lipinski definition) is 5. The Balaban J connectivity index is 1.22. The Labute approximate surface area is 174 Å². The predicted molar refractivity (Wildman–Crippen MR) is 114 cm³/mol. The van der Waals surface area contributed by atoms with Crippen LogP contribution in [0.4, 0.5) is 0 Å². The van der Waals surface area contributed by atoms with Gasteiger partial charge >= 0.3 is 0 Å². The van der Waals surface area contributed by atoms with Crippen molar-refractivity contribution in [2.24, 2.45) is 0 Å². The van der Waals surface area contributed by atoms with Crippen molar-refractivity contribution in [1.82, 2.24) is 25.5 Å². The van der Waals surface area contributed by atoms with E-state index in [1.807, 2.05) is 36.7 Å². The van der Waals surface area contributed by atoms with Gasteiger partial charge in [0.15, 0.2) is 0 Å². The van der Waals surface area contributed by atoms with Crippen molar-refractivity contribution in [3.05, 3.63) is 77.4 Å². The zero-order valence-electron chi connectivity index (χ0n) is 17.0. The Morgan fingerprint density at radius 1 is 1.07 bits per heavy atom. The number of nitrogens with one attached hydrogen (secondary N) is 2. The lowest BCUT2D eigenvalue weighted by Gasteiger charge is -2.04. The number of nitrogens with zero attached hydrogens (tertiary/aromatic N) is 3. The highest BCUT2D eigenvalue weighted by molar-refractivity contribution is 5.83. The summed E-state index contributed by atoms with van der Waals surface area (Å²) in [6.45, 7) is 2.51. The SMILES string of the molecule is CCc1ccc(CNC(=O)CCc2nnc(CCc3c[nH]c4ccccc34)o2)nc1. The van der Waals surface area contributed by atoms with Gasteiger partial charge in [0.25, 0.3) is 0 Å². The number of aryl methyl sites for hydroxylation is 4. The largest absolute Gasteiger partial charge is 0.425 e. The van der Waals surface area contributed by atoms with Crippen molar-refractivity contribution in [3.63, 3.8) is 0 Å². The number of rotatable bonds is 9. The van der Waals surface area contributed by atoms with Gasteiger partial charge in [-0.1, -0.05) is 31.2 Å². The maximum absolute atomic E-state index is 12.1. The van der Waals surface area contributed by atoms with Gasteiger partial charge in [0, 0.05) is 42.6 Å². The highest BCUT2D eigenvalue weighted by Crippen LogP contribution is 2.19. The summed E-state index contributed by atoms with van der Waals surface area (Å²) in [5.41, 5.74) is 4.38. The zero-order valence-corrected chi connectivity index (χ0v) is 17.0. The second kappa shape index (κ2) is 9.35. The summed E-state index contributed by atoms with van der Waals surface area (Å²) in [7, 11) is 0. The molecule has 1 amide bonds. The molecular weight excluding hydrogens is 378 g/mol. The minimum atomic E-state index is -0.0603. The number of pyridine rings is 1. The molecule has 4 rings (SSSR count). The topological polar surface area (TPSA) is 96.7 Å². The highest BCUT2D eigenvalue weighted by Gasteiger charge is 2.11. The molecule has 0 bridgehead atoms. The first-order valence-electron chi connectivity index (χ1n) is 10.3. The van der Waals surface area contributed by atoms with Crippen LogP contribution in [-0.4, -0.2) is 26.1 Å². The van der Waals surface area contributed by atoms with Crippen molar-refractivity contribution >= 4 is 16.8 Å². The van der Waals surface area contributed by atoms with Crippen molar-refractivity contribution in [2.75, 3.05) is 0 Å². The molecule has 0 fully saturated rings. The van der Waals surface area contributed by atoms with Crippen LogP contribution in [0.1, 0.15) is 41.9 Å². The van der Waals surface area contributed by atoms with E-state index >= 15 is 0 Å². The molecule has 0 saturated heterocycles. The molecule has 0 aliphatic heterocycles. The Morgan fingerprint density at radius 2 is 1.90 bits per heavy atom. The van der Waals surface area contributed by atoms with E-state index in [1.165, 1.54) is 16.5 Å². The van der Waals surface area contributed by atoms with Gasteiger partial charge in [-0.05, 0) is 36.1 Å². The van der Waals surface area contributed by atoms with E-state index in [0.29, 0.717) is 37.6 Å². The monoisotopic (exact) mass is 403 g/mol. The van der Waals surface area contributed by atoms with Crippen LogP contribution >= 0.6 is 0 Å². The molecule has 0 aliphatic carbocycles. The quantitative estimate of drug-likeness (QED) is 0.446. The fourth-order valence-corrected chi connectivity index (χ4v) is 3.34. The smallest absolute Gasteiger partial charge is 0.220 e. The normalized spacial score (nSPS) is 11.1. The van der Waals surface area contributed by atoms with E-state index in [-0.39, 0.29) is 5.91 Å². The Morgan fingerprint density at radius 3 is 2.70 bits per heavy atom. The molecule has 0 aliphatic rings. The van der Waals surface area contributed by atoms with E-state index < -0.39 is 0 Å². The van der Waals surface area contributed by atoms with Crippen LogP contribution in [0, 0.1) is 0 Å². The van der Waals surface area contributed by atoms with E-state index in [4.69, 9.17) is 4.42 Å². The van der Waals surface area contributed by atoms with Crippen molar-refractivity contribution in [2.45, 2.75) is 45.6 Å². The molecule has 0 atom stereocenters. The molecule has 7 nitrogen and oxygen atoms in total. The fourth-order valence-electron chi connectivity index (χ4n) is 3.34. The minimum absolute atomic E-state index is 0.0603. The number of aromatic amines is 1.